The molecule has 3 heteroatoms. The van der Waals surface area contributed by atoms with Crippen LogP contribution in [-0.2, 0) is 0 Å². The predicted octanol–water partition coefficient (Wildman–Crippen LogP) is 2.02. The van der Waals surface area contributed by atoms with Crippen LogP contribution in [0.15, 0.2) is 12.4 Å². The average molecular weight is 191 g/mol. The Labute approximate surface area is 85.2 Å². The average Bonchev–Trinajstić information content (AvgIpc) is 2.19. The molecule has 0 aromatic carbocycles. The first-order valence-corrected chi connectivity index (χ1v) is 5.29. The summed E-state index contributed by atoms with van der Waals surface area (Å²) in [6.07, 6.45) is 6.34. The smallest absolute Gasteiger partial charge is 0.147 e. The predicted molar refractivity (Wildman–Crippen MR) is 57.4 cm³/mol. The van der Waals surface area contributed by atoms with Gasteiger partial charge >= 0.3 is 0 Å². The summed E-state index contributed by atoms with van der Waals surface area (Å²) < 4.78 is 0. The Hall–Kier alpha value is -1.12. The molecule has 1 fully saturated rings. The third-order valence-electron chi connectivity index (χ3n) is 2.75. The Bertz CT molecular complexity index is 294. The minimum Gasteiger partial charge on any atom is -0.355 e. The Morgan fingerprint density at radius 3 is 2.86 bits per heavy atom. The normalized spacial score (nSPS) is 22.4. The van der Waals surface area contributed by atoms with E-state index in [4.69, 9.17) is 0 Å². The summed E-state index contributed by atoms with van der Waals surface area (Å²) in [5, 5.41) is 0. The lowest BCUT2D eigenvalue weighted by molar-refractivity contribution is 0.444. The SMILES string of the molecule is Cc1cnc(N2CCCC(C)C2)cn1. The van der Waals surface area contributed by atoms with Crippen LogP contribution in [0.25, 0.3) is 0 Å². The van der Waals surface area contributed by atoms with E-state index in [-0.39, 0.29) is 0 Å². The van der Waals surface area contributed by atoms with Crippen LogP contribution < -0.4 is 4.90 Å². The molecule has 1 aliphatic heterocycles. The first-order chi connectivity index (χ1) is 6.75. The molecule has 0 bridgehead atoms. The van der Waals surface area contributed by atoms with Crippen molar-refractivity contribution in [2.75, 3.05) is 18.0 Å². The fourth-order valence-corrected chi connectivity index (χ4v) is 1.95. The standard InChI is InChI=1S/C11H17N3/c1-9-4-3-5-14(8-9)11-7-12-10(2)6-13-11/h6-7,9H,3-5,8H2,1-2H3. The fraction of sp³-hybridized carbons (Fsp3) is 0.636. The second kappa shape index (κ2) is 3.95. The Morgan fingerprint density at radius 2 is 2.21 bits per heavy atom. The van der Waals surface area contributed by atoms with Crippen molar-refractivity contribution >= 4 is 5.82 Å². The molecule has 3 nitrogen and oxygen atoms in total. The van der Waals surface area contributed by atoms with E-state index >= 15 is 0 Å². The minimum atomic E-state index is 0.784. The van der Waals surface area contributed by atoms with Crippen LogP contribution in [-0.4, -0.2) is 23.1 Å². The van der Waals surface area contributed by atoms with Gasteiger partial charge in [0.15, 0.2) is 0 Å². The summed E-state index contributed by atoms with van der Waals surface area (Å²) in [4.78, 5) is 11.0. The van der Waals surface area contributed by atoms with Crippen LogP contribution in [0, 0.1) is 12.8 Å². The molecule has 1 atom stereocenters. The monoisotopic (exact) mass is 191 g/mol. The van der Waals surface area contributed by atoms with Crippen molar-refractivity contribution in [3.05, 3.63) is 18.1 Å². The van der Waals surface area contributed by atoms with Gasteiger partial charge in [-0.1, -0.05) is 6.92 Å². The maximum absolute atomic E-state index is 4.40. The highest BCUT2D eigenvalue weighted by molar-refractivity contribution is 5.36. The molecule has 0 saturated carbocycles. The minimum absolute atomic E-state index is 0.784. The zero-order valence-corrected chi connectivity index (χ0v) is 8.90. The molecule has 1 aromatic heterocycles. The fourth-order valence-electron chi connectivity index (χ4n) is 1.95. The van der Waals surface area contributed by atoms with Crippen molar-refractivity contribution in [2.45, 2.75) is 26.7 Å². The number of hydrogen-bond acceptors (Lipinski definition) is 3. The number of piperidine rings is 1. The van der Waals surface area contributed by atoms with Gasteiger partial charge in [-0.05, 0) is 25.7 Å². The Balaban J connectivity index is 2.10. The van der Waals surface area contributed by atoms with Crippen molar-refractivity contribution in [3.8, 4) is 0 Å². The Kier molecular flexibility index (Phi) is 2.66. The van der Waals surface area contributed by atoms with Crippen molar-refractivity contribution in [3.63, 3.8) is 0 Å². The van der Waals surface area contributed by atoms with E-state index in [0.717, 1.165) is 30.5 Å². The number of rotatable bonds is 1. The molecule has 76 valence electrons. The van der Waals surface area contributed by atoms with Crippen LogP contribution >= 0.6 is 0 Å². The molecule has 0 amide bonds. The molecule has 1 unspecified atom stereocenters. The lowest BCUT2D eigenvalue weighted by Crippen LogP contribution is -2.34. The second-order valence-electron chi connectivity index (χ2n) is 4.21. The quantitative estimate of drug-likeness (QED) is 0.680. The summed E-state index contributed by atoms with van der Waals surface area (Å²) in [7, 11) is 0. The highest BCUT2D eigenvalue weighted by Crippen LogP contribution is 2.20. The van der Waals surface area contributed by atoms with Gasteiger partial charge < -0.3 is 4.90 Å². The van der Waals surface area contributed by atoms with E-state index in [1.807, 2.05) is 19.3 Å². The summed E-state index contributed by atoms with van der Waals surface area (Å²) in [5.74, 6) is 1.81. The van der Waals surface area contributed by atoms with Crippen molar-refractivity contribution in [1.82, 2.24) is 9.97 Å². The highest BCUT2D eigenvalue weighted by atomic mass is 15.2. The maximum Gasteiger partial charge on any atom is 0.147 e. The lowest BCUT2D eigenvalue weighted by Gasteiger charge is -2.31. The van der Waals surface area contributed by atoms with Gasteiger partial charge in [0.25, 0.3) is 0 Å². The molecule has 0 aliphatic carbocycles. The van der Waals surface area contributed by atoms with Gasteiger partial charge in [-0.3, -0.25) is 4.98 Å². The highest BCUT2D eigenvalue weighted by Gasteiger charge is 2.17. The van der Waals surface area contributed by atoms with Crippen LogP contribution in [0.4, 0.5) is 5.82 Å². The van der Waals surface area contributed by atoms with E-state index in [2.05, 4.69) is 21.8 Å². The Morgan fingerprint density at radius 1 is 1.36 bits per heavy atom. The second-order valence-corrected chi connectivity index (χ2v) is 4.21. The van der Waals surface area contributed by atoms with Gasteiger partial charge in [-0.15, -0.1) is 0 Å². The van der Waals surface area contributed by atoms with Crippen molar-refractivity contribution in [1.29, 1.82) is 0 Å². The van der Waals surface area contributed by atoms with Gasteiger partial charge in [0, 0.05) is 13.1 Å². The molecule has 1 aliphatic rings. The molecule has 14 heavy (non-hydrogen) atoms. The first-order valence-electron chi connectivity index (χ1n) is 5.29. The zero-order valence-electron chi connectivity index (χ0n) is 8.90. The van der Waals surface area contributed by atoms with E-state index in [0.29, 0.717) is 0 Å². The van der Waals surface area contributed by atoms with E-state index in [1.54, 1.807) is 0 Å². The summed E-state index contributed by atoms with van der Waals surface area (Å²) >= 11 is 0. The van der Waals surface area contributed by atoms with Gasteiger partial charge in [0.2, 0.25) is 0 Å². The first kappa shape index (κ1) is 9.44. The van der Waals surface area contributed by atoms with Crippen LogP contribution in [0.1, 0.15) is 25.5 Å². The summed E-state index contributed by atoms with van der Waals surface area (Å²) in [6.45, 7) is 6.52. The van der Waals surface area contributed by atoms with E-state index in [9.17, 15) is 0 Å². The number of aromatic nitrogens is 2. The number of nitrogens with zero attached hydrogens (tertiary/aromatic N) is 3. The molecule has 0 radical (unpaired) electrons. The number of hydrogen-bond donors (Lipinski definition) is 0. The van der Waals surface area contributed by atoms with Crippen LogP contribution in [0.5, 0.6) is 0 Å². The topological polar surface area (TPSA) is 29.0 Å². The van der Waals surface area contributed by atoms with Gasteiger partial charge in [0.1, 0.15) is 5.82 Å². The molecule has 0 N–H and O–H groups in total. The summed E-state index contributed by atoms with van der Waals surface area (Å²) in [5.41, 5.74) is 0.985. The summed E-state index contributed by atoms with van der Waals surface area (Å²) in [6, 6.07) is 0. The van der Waals surface area contributed by atoms with E-state index in [1.165, 1.54) is 12.8 Å². The maximum atomic E-state index is 4.40. The molecular weight excluding hydrogens is 174 g/mol. The third-order valence-corrected chi connectivity index (χ3v) is 2.75. The molecular formula is C11H17N3. The largest absolute Gasteiger partial charge is 0.355 e. The molecule has 1 aromatic rings. The van der Waals surface area contributed by atoms with Crippen molar-refractivity contribution in [2.24, 2.45) is 5.92 Å². The van der Waals surface area contributed by atoms with E-state index < -0.39 is 0 Å². The van der Waals surface area contributed by atoms with Gasteiger partial charge in [-0.2, -0.15) is 0 Å². The molecule has 0 spiro atoms. The zero-order chi connectivity index (χ0) is 9.97. The van der Waals surface area contributed by atoms with Crippen LogP contribution in [0.3, 0.4) is 0 Å². The third kappa shape index (κ3) is 2.03. The lowest BCUT2D eigenvalue weighted by atomic mass is 10.0. The van der Waals surface area contributed by atoms with Crippen LogP contribution in [0.2, 0.25) is 0 Å². The molecule has 2 heterocycles. The number of anilines is 1. The molecule has 1 saturated heterocycles. The molecule has 2 rings (SSSR count). The number of aryl methyl sites for hydroxylation is 1. The van der Waals surface area contributed by atoms with Gasteiger partial charge in [0.05, 0.1) is 18.1 Å². The van der Waals surface area contributed by atoms with Crippen molar-refractivity contribution < 1.29 is 0 Å². The van der Waals surface area contributed by atoms with Gasteiger partial charge in [-0.25, -0.2) is 4.98 Å².